The van der Waals surface area contributed by atoms with Gasteiger partial charge in [-0.15, -0.1) is 12.4 Å². The smallest absolute Gasteiger partial charge is 0.272 e. The third-order valence-corrected chi connectivity index (χ3v) is 6.12. The first kappa shape index (κ1) is 20.7. The highest BCUT2D eigenvalue weighted by atomic mass is 35.5. The Hall–Kier alpha value is -2.05. The predicted molar refractivity (Wildman–Crippen MR) is 111 cm³/mol. The van der Waals surface area contributed by atoms with Gasteiger partial charge in [0, 0.05) is 42.7 Å². The lowest BCUT2D eigenvalue weighted by Gasteiger charge is -2.38. The lowest BCUT2D eigenvalue weighted by Crippen LogP contribution is -2.42. The Morgan fingerprint density at radius 1 is 1.21 bits per heavy atom. The summed E-state index contributed by atoms with van der Waals surface area (Å²) in [5.41, 5.74) is 3.92. The molecule has 2 aromatic rings. The summed E-state index contributed by atoms with van der Waals surface area (Å²) in [7, 11) is 1.69. The number of H-pyrrole nitrogens is 1. The minimum absolute atomic E-state index is 0. The molecule has 1 saturated carbocycles. The van der Waals surface area contributed by atoms with Crippen LogP contribution in [0.25, 0.3) is 0 Å². The molecular formula is C21H29ClN4O2. The Kier molecular flexibility index (Phi) is 6.62. The maximum absolute atomic E-state index is 12.9. The number of methoxy groups -OCH3 is 1. The van der Waals surface area contributed by atoms with E-state index in [1.807, 2.05) is 12.1 Å². The molecule has 6 nitrogen and oxygen atoms in total. The standard InChI is InChI=1S/C21H28N4O2.ClH/c1-27-16-7-5-15(6-8-16)21(10-3-2-4-11-21)14-23-20(26)19-17-13-22-12-9-18(17)24-25-19;/h5-8,22H,2-4,9-14H2,1H3,(H,23,26)(H,24,25);1H. The van der Waals surface area contributed by atoms with E-state index in [9.17, 15) is 4.79 Å². The van der Waals surface area contributed by atoms with Gasteiger partial charge in [-0.3, -0.25) is 9.89 Å². The Labute approximate surface area is 172 Å². The van der Waals surface area contributed by atoms with Crippen molar-refractivity contribution in [2.45, 2.75) is 50.5 Å². The van der Waals surface area contributed by atoms with Crippen LogP contribution in [-0.2, 0) is 18.4 Å². The van der Waals surface area contributed by atoms with E-state index in [4.69, 9.17) is 4.74 Å². The first-order chi connectivity index (χ1) is 13.2. The van der Waals surface area contributed by atoms with Crippen molar-refractivity contribution in [1.29, 1.82) is 0 Å². The summed E-state index contributed by atoms with van der Waals surface area (Å²) in [6.07, 6.45) is 6.75. The highest BCUT2D eigenvalue weighted by Gasteiger charge is 2.35. The van der Waals surface area contributed by atoms with Crippen molar-refractivity contribution in [2.75, 3.05) is 20.2 Å². The van der Waals surface area contributed by atoms with Crippen LogP contribution >= 0.6 is 12.4 Å². The minimum Gasteiger partial charge on any atom is -0.497 e. The van der Waals surface area contributed by atoms with E-state index in [0.29, 0.717) is 18.8 Å². The zero-order valence-electron chi connectivity index (χ0n) is 16.3. The van der Waals surface area contributed by atoms with Crippen molar-refractivity contribution in [2.24, 2.45) is 0 Å². The monoisotopic (exact) mass is 404 g/mol. The fourth-order valence-electron chi connectivity index (χ4n) is 4.49. The maximum Gasteiger partial charge on any atom is 0.272 e. The van der Waals surface area contributed by atoms with E-state index in [-0.39, 0.29) is 23.7 Å². The molecule has 28 heavy (non-hydrogen) atoms. The third-order valence-electron chi connectivity index (χ3n) is 6.12. The summed E-state index contributed by atoms with van der Waals surface area (Å²) in [6.45, 7) is 2.28. The van der Waals surface area contributed by atoms with Gasteiger partial charge >= 0.3 is 0 Å². The van der Waals surface area contributed by atoms with Crippen LogP contribution in [0, 0.1) is 0 Å². The molecule has 0 atom stereocenters. The molecule has 0 radical (unpaired) electrons. The average Bonchev–Trinajstić information content (AvgIpc) is 3.17. The van der Waals surface area contributed by atoms with Crippen LogP contribution in [0.3, 0.4) is 0 Å². The molecule has 2 aliphatic rings. The van der Waals surface area contributed by atoms with Gasteiger partial charge in [0.1, 0.15) is 5.75 Å². The quantitative estimate of drug-likeness (QED) is 0.715. The molecule has 1 aliphatic carbocycles. The number of halogens is 1. The van der Waals surface area contributed by atoms with Crippen molar-refractivity contribution >= 4 is 18.3 Å². The number of carbonyl (C=O) groups excluding carboxylic acids is 1. The lowest BCUT2D eigenvalue weighted by molar-refractivity contribution is 0.0930. The van der Waals surface area contributed by atoms with Crippen LogP contribution in [0.2, 0.25) is 0 Å². The van der Waals surface area contributed by atoms with Crippen molar-refractivity contribution < 1.29 is 9.53 Å². The van der Waals surface area contributed by atoms with E-state index in [2.05, 4.69) is 33.0 Å². The highest BCUT2D eigenvalue weighted by molar-refractivity contribution is 5.94. The van der Waals surface area contributed by atoms with E-state index in [1.165, 1.54) is 24.8 Å². The second kappa shape index (κ2) is 8.97. The second-order valence-corrected chi connectivity index (χ2v) is 7.71. The van der Waals surface area contributed by atoms with Crippen molar-refractivity contribution in [3.63, 3.8) is 0 Å². The molecule has 0 unspecified atom stereocenters. The number of benzene rings is 1. The van der Waals surface area contributed by atoms with Gasteiger partial charge in [-0.05, 0) is 30.5 Å². The molecule has 0 spiro atoms. The topological polar surface area (TPSA) is 79.0 Å². The number of nitrogens with zero attached hydrogens (tertiary/aromatic N) is 1. The molecule has 0 saturated heterocycles. The molecule has 1 fully saturated rings. The molecule has 1 amide bonds. The molecule has 1 aromatic carbocycles. The number of ether oxygens (including phenoxy) is 1. The van der Waals surface area contributed by atoms with Gasteiger partial charge in [0.15, 0.2) is 5.69 Å². The number of aromatic nitrogens is 2. The Balaban J connectivity index is 0.00000225. The number of rotatable bonds is 5. The lowest BCUT2D eigenvalue weighted by atomic mass is 9.69. The van der Waals surface area contributed by atoms with E-state index in [1.54, 1.807) is 7.11 Å². The number of aromatic amines is 1. The summed E-state index contributed by atoms with van der Waals surface area (Å²) in [6, 6.07) is 8.33. The fraction of sp³-hybridized carbons (Fsp3) is 0.524. The number of amides is 1. The SMILES string of the molecule is COc1ccc(C2(CNC(=O)c3n[nH]c4c3CNCC4)CCCCC2)cc1.Cl. The van der Waals surface area contributed by atoms with E-state index in [0.717, 1.165) is 42.8 Å². The summed E-state index contributed by atoms with van der Waals surface area (Å²) in [5, 5.41) is 13.8. The number of hydrogen-bond acceptors (Lipinski definition) is 4. The number of nitrogens with one attached hydrogen (secondary N) is 3. The molecule has 1 aliphatic heterocycles. The number of hydrogen-bond donors (Lipinski definition) is 3. The molecule has 0 bridgehead atoms. The van der Waals surface area contributed by atoms with E-state index < -0.39 is 0 Å². The highest BCUT2D eigenvalue weighted by Crippen LogP contribution is 2.39. The maximum atomic E-state index is 12.9. The molecule has 7 heteroatoms. The van der Waals surface area contributed by atoms with Gasteiger partial charge < -0.3 is 15.4 Å². The number of fused-ring (bicyclic) bond motifs is 1. The van der Waals surface area contributed by atoms with Crippen molar-refractivity contribution in [3.05, 3.63) is 46.8 Å². The molecule has 4 rings (SSSR count). The van der Waals surface area contributed by atoms with Gasteiger partial charge in [-0.2, -0.15) is 5.10 Å². The van der Waals surface area contributed by atoms with Crippen LogP contribution in [-0.4, -0.2) is 36.3 Å². The van der Waals surface area contributed by atoms with Gasteiger partial charge in [-0.25, -0.2) is 0 Å². The summed E-state index contributed by atoms with van der Waals surface area (Å²) in [5.74, 6) is 0.791. The Bertz CT molecular complexity index is 797. The number of carbonyl (C=O) groups is 1. The first-order valence-corrected chi connectivity index (χ1v) is 9.91. The van der Waals surface area contributed by atoms with Gasteiger partial charge in [0.2, 0.25) is 0 Å². The van der Waals surface area contributed by atoms with Crippen molar-refractivity contribution in [3.8, 4) is 5.75 Å². The summed E-state index contributed by atoms with van der Waals surface area (Å²) in [4.78, 5) is 12.9. The van der Waals surface area contributed by atoms with Gasteiger partial charge in [0.05, 0.1) is 7.11 Å². The fourth-order valence-corrected chi connectivity index (χ4v) is 4.49. The average molecular weight is 405 g/mol. The molecule has 1 aromatic heterocycles. The van der Waals surface area contributed by atoms with E-state index >= 15 is 0 Å². The summed E-state index contributed by atoms with van der Waals surface area (Å²) >= 11 is 0. The molecule has 3 N–H and O–H groups in total. The summed E-state index contributed by atoms with van der Waals surface area (Å²) < 4.78 is 5.30. The minimum atomic E-state index is -0.0744. The normalized spacial score (nSPS) is 17.9. The van der Waals surface area contributed by atoms with Crippen LogP contribution in [0.4, 0.5) is 0 Å². The molecule has 2 heterocycles. The van der Waals surface area contributed by atoms with Crippen molar-refractivity contribution in [1.82, 2.24) is 20.8 Å². The van der Waals surface area contributed by atoms with Gasteiger partial charge in [-0.1, -0.05) is 31.4 Å². The zero-order valence-corrected chi connectivity index (χ0v) is 17.2. The van der Waals surface area contributed by atoms with Crippen LogP contribution in [0.15, 0.2) is 24.3 Å². The Morgan fingerprint density at radius 3 is 2.68 bits per heavy atom. The van der Waals surface area contributed by atoms with Crippen LogP contribution in [0.5, 0.6) is 5.75 Å². The predicted octanol–water partition coefficient (Wildman–Crippen LogP) is 3.12. The largest absolute Gasteiger partial charge is 0.497 e. The zero-order chi connectivity index (χ0) is 18.7. The van der Waals surface area contributed by atoms with Crippen LogP contribution in [0.1, 0.15) is 59.4 Å². The third kappa shape index (κ3) is 4.03. The first-order valence-electron chi connectivity index (χ1n) is 9.91. The second-order valence-electron chi connectivity index (χ2n) is 7.71. The molecular weight excluding hydrogens is 376 g/mol. The molecule has 152 valence electrons. The van der Waals surface area contributed by atoms with Crippen LogP contribution < -0.4 is 15.4 Å². The van der Waals surface area contributed by atoms with Gasteiger partial charge in [0.25, 0.3) is 5.91 Å². The Morgan fingerprint density at radius 2 is 1.96 bits per heavy atom.